The number of aromatic nitrogens is 2. The van der Waals surface area contributed by atoms with Gasteiger partial charge >= 0.3 is 0 Å². The second kappa shape index (κ2) is 5.88. The number of aliphatic hydroxyl groups excluding tert-OH is 1. The fourth-order valence-corrected chi connectivity index (χ4v) is 2.28. The number of carbonyl (C=O) groups is 1. The molecule has 0 fully saturated rings. The average Bonchev–Trinajstić information content (AvgIpc) is 2.69. The van der Waals surface area contributed by atoms with Crippen LogP contribution in [-0.4, -0.2) is 33.9 Å². The molecular weight excluding hydrogens is 254 g/mol. The first-order valence-electron chi connectivity index (χ1n) is 6.54. The molecule has 0 bridgehead atoms. The van der Waals surface area contributed by atoms with Crippen molar-refractivity contribution >= 4 is 5.91 Å². The van der Waals surface area contributed by atoms with Crippen LogP contribution in [0.5, 0.6) is 0 Å². The molecule has 5 nitrogen and oxygen atoms in total. The Morgan fingerprint density at radius 1 is 1.40 bits per heavy atom. The zero-order valence-electron chi connectivity index (χ0n) is 12.0. The van der Waals surface area contributed by atoms with Crippen LogP contribution >= 0.6 is 0 Å². The number of benzene rings is 1. The monoisotopic (exact) mass is 273 g/mol. The van der Waals surface area contributed by atoms with E-state index < -0.39 is 0 Å². The van der Waals surface area contributed by atoms with E-state index in [0.717, 1.165) is 22.5 Å². The number of rotatable bonds is 4. The third kappa shape index (κ3) is 2.72. The second-order valence-corrected chi connectivity index (χ2v) is 4.73. The van der Waals surface area contributed by atoms with Gasteiger partial charge in [0.15, 0.2) is 0 Å². The van der Waals surface area contributed by atoms with Gasteiger partial charge in [-0.2, -0.15) is 5.10 Å². The van der Waals surface area contributed by atoms with Gasteiger partial charge in [-0.1, -0.05) is 12.1 Å². The van der Waals surface area contributed by atoms with Gasteiger partial charge in [0, 0.05) is 30.4 Å². The topological polar surface area (TPSA) is 67.2 Å². The van der Waals surface area contributed by atoms with Crippen LogP contribution in [0.4, 0.5) is 0 Å². The Balaban J connectivity index is 2.37. The largest absolute Gasteiger partial charge is 0.395 e. The Hall–Kier alpha value is -2.14. The maximum Gasteiger partial charge on any atom is 0.251 e. The molecule has 0 saturated carbocycles. The van der Waals surface area contributed by atoms with E-state index in [1.54, 1.807) is 6.07 Å². The van der Waals surface area contributed by atoms with E-state index in [1.165, 1.54) is 0 Å². The van der Waals surface area contributed by atoms with Crippen molar-refractivity contribution < 1.29 is 9.90 Å². The summed E-state index contributed by atoms with van der Waals surface area (Å²) < 4.78 is 1.84. The van der Waals surface area contributed by atoms with Crippen molar-refractivity contribution in [2.75, 3.05) is 13.2 Å². The maximum atomic E-state index is 11.9. The average molecular weight is 273 g/mol. The van der Waals surface area contributed by atoms with Gasteiger partial charge in [0.25, 0.3) is 5.91 Å². The molecule has 0 saturated heterocycles. The molecule has 1 aromatic carbocycles. The summed E-state index contributed by atoms with van der Waals surface area (Å²) in [7, 11) is 1.91. The van der Waals surface area contributed by atoms with Crippen molar-refractivity contribution in [1.82, 2.24) is 15.1 Å². The van der Waals surface area contributed by atoms with Gasteiger partial charge in [-0.25, -0.2) is 0 Å². The molecule has 5 heteroatoms. The third-order valence-corrected chi connectivity index (χ3v) is 3.32. The highest BCUT2D eigenvalue weighted by atomic mass is 16.3. The van der Waals surface area contributed by atoms with Crippen LogP contribution in [0.15, 0.2) is 24.3 Å². The summed E-state index contributed by atoms with van der Waals surface area (Å²) in [6.07, 6.45) is 0. The van der Waals surface area contributed by atoms with Crippen molar-refractivity contribution in [3.05, 3.63) is 41.2 Å². The molecule has 1 aromatic heterocycles. The molecule has 106 valence electrons. The van der Waals surface area contributed by atoms with Gasteiger partial charge in [0.1, 0.15) is 0 Å². The molecule has 0 spiro atoms. The first kappa shape index (κ1) is 14.3. The number of hydrogen-bond acceptors (Lipinski definition) is 3. The van der Waals surface area contributed by atoms with E-state index in [2.05, 4.69) is 10.4 Å². The molecule has 0 aliphatic carbocycles. The van der Waals surface area contributed by atoms with Crippen molar-refractivity contribution in [2.45, 2.75) is 13.8 Å². The molecule has 1 amide bonds. The molecule has 20 heavy (non-hydrogen) atoms. The number of aryl methyl sites for hydroxylation is 2. The van der Waals surface area contributed by atoms with E-state index in [1.807, 2.05) is 43.8 Å². The number of hydrogen-bond donors (Lipinski definition) is 2. The molecule has 2 N–H and O–H groups in total. The Morgan fingerprint density at radius 3 is 2.75 bits per heavy atom. The lowest BCUT2D eigenvalue weighted by Gasteiger charge is -2.07. The molecule has 2 aromatic rings. The number of aliphatic hydroxyl groups is 1. The van der Waals surface area contributed by atoms with E-state index in [9.17, 15) is 4.79 Å². The Bertz CT molecular complexity index is 632. The van der Waals surface area contributed by atoms with Crippen molar-refractivity contribution in [1.29, 1.82) is 0 Å². The molecule has 2 rings (SSSR count). The van der Waals surface area contributed by atoms with Gasteiger partial charge in [-0.15, -0.1) is 0 Å². The van der Waals surface area contributed by atoms with Crippen molar-refractivity contribution in [3.63, 3.8) is 0 Å². The summed E-state index contributed by atoms with van der Waals surface area (Å²) in [6.45, 7) is 4.16. The fraction of sp³-hybridized carbons (Fsp3) is 0.333. The molecule has 0 unspecified atom stereocenters. The Kier molecular flexibility index (Phi) is 4.20. The Labute approximate surface area is 118 Å². The van der Waals surface area contributed by atoms with Crippen LogP contribution < -0.4 is 5.32 Å². The van der Waals surface area contributed by atoms with E-state index >= 15 is 0 Å². The van der Waals surface area contributed by atoms with Crippen LogP contribution in [-0.2, 0) is 7.05 Å². The minimum Gasteiger partial charge on any atom is -0.395 e. The predicted octanol–water partition coefficient (Wildman–Crippen LogP) is 1.43. The summed E-state index contributed by atoms with van der Waals surface area (Å²) in [4.78, 5) is 11.9. The van der Waals surface area contributed by atoms with E-state index in [4.69, 9.17) is 5.11 Å². The van der Waals surface area contributed by atoms with Crippen LogP contribution in [0.3, 0.4) is 0 Å². The molecule has 0 radical (unpaired) electrons. The maximum absolute atomic E-state index is 11.9. The fourth-order valence-electron chi connectivity index (χ4n) is 2.28. The van der Waals surface area contributed by atoms with Crippen molar-refractivity contribution in [2.24, 2.45) is 7.05 Å². The van der Waals surface area contributed by atoms with Crippen LogP contribution in [0.2, 0.25) is 0 Å². The van der Waals surface area contributed by atoms with E-state index in [0.29, 0.717) is 5.56 Å². The van der Waals surface area contributed by atoms with Gasteiger partial charge in [-0.3, -0.25) is 9.48 Å². The molecule has 0 atom stereocenters. The number of nitrogens with one attached hydrogen (secondary N) is 1. The highest BCUT2D eigenvalue weighted by molar-refractivity contribution is 5.95. The highest BCUT2D eigenvalue weighted by Gasteiger charge is 2.13. The first-order chi connectivity index (χ1) is 9.54. The molecule has 0 aliphatic rings. The smallest absolute Gasteiger partial charge is 0.251 e. The standard InChI is InChI=1S/C15H19N3O2/c1-10-14(11(2)18(3)17-10)12-5-4-6-13(9-12)15(20)16-7-8-19/h4-6,9,19H,7-8H2,1-3H3,(H,16,20). The summed E-state index contributed by atoms with van der Waals surface area (Å²) >= 11 is 0. The summed E-state index contributed by atoms with van der Waals surface area (Å²) in [5, 5.41) is 15.8. The summed E-state index contributed by atoms with van der Waals surface area (Å²) in [6, 6.07) is 7.44. The van der Waals surface area contributed by atoms with Gasteiger partial charge in [0.2, 0.25) is 0 Å². The lowest BCUT2D eigenvalue weighted by Crippen LogP contribution is -2.26. The van der Waals surface area contributed by atoms with Crippen LogP contribution in [0, 0.1) is 13.8 Å². The SMILES string of the molecule is Cc1nn(C)c(C)c1-c1cccc(C(=O)NCCO)c1. The normalized spacial score (nSPS) is 10.6. The number of nitrogens with zero attached hydrogens (tertiary/aromatic N) is 2. The predicted molar refractivity (Wildman–Crippen MR) is 77.5 cm³/mol. The van der Waals surface area contributed by atoms with Crippen LogP contribution in [0.1, 0.15) is 21.7 Å². The van der Waals surface area contributed by atoms with E-state index in [-0.39, 0.29) is 19.1 Å². The zero-order valence-corrected chi connectivity index (χ0v) is 12.0. The number of amides is 1. The second-order valence-electron chi connectivity index (χ2n) is 4.73. The Morgan fingerprint density at radius 2 is 2.15 bits per heavy atom. The van der Waals surface area contributed by atoms with Crippen LogP contribution in [0.25, 0.3) is 11.1 Å². The summed E-state index contributed by atoms with van der Waals surface area (Å²) in [5.41, 5.74) is 4.63. The lowest BCUT2D eigenvalue weighted by atomic mass is 10.0. The molecule has 0 aliphatic heterocycles. The molecule has 1 heterocycles. The first-order valence-corrected chi connectivity index (χ1v) is 6.54. The summed E-state index contributed by atoms with van der Waals surface area (Å²) in [5.74, 6) is -0.180. The lowest BCUT2D eigenvalue weighted by molar-refractivity contribution is 0.0945. The highest BCUT2D eigenvalue weighted by Crippen LogP contribution is 2.27. The minimum absolute atomic E-state index is 0.0632. The number of carbonyl (C=O) groups excluding carboxylic acids is 1. The zero-order chi connectivity index (χ0) is 14.7. The third-order valence-electron chi connectivity index (χ3n) is 3.32. The van der Waals surface area contributed by atoms with Crippen molar-refractivity contribution in [3.8, 4) is 11.1 Å². The van der Waals surface area contributed by atoms with Gasteiger partial charge < -0.3 is 10.4 Å². The van der Waals surface area contributed by atoms with Gasteiger partial charge in [0.05, 0.1) is 12.3 Å². The molecular formula is C15H19N3O2. The van der Waals surface area contributed by atoms with Gasteiger partial charge in [-0.05, 0) is 31.5 Å². The minimum atomic E-state index is -0.180. The quantitative estimate of drug-likeness (QED) is 0.885.